The monoisotopic (exact) mass is 364 g/mol. The molecule has 1 aromatic heterocycles. The number of aromatic nitrogens is 3. The molecule has 6 heteroatoms. The van der Waals surface area contributed by atoms with E-state index in [4.69, 9.17) is 10.5 Å². The van der Waals surface area contributed by atoms with Gasteiger partial charge in [-0.3, -0.25) is 4.79 Å². The van der Waals surface area contributed by atoms with Crippen molar-refractivity contribution in [1.82, 2.24) is 14.8 Å². The van der Waals surface area contributed by atoms with Gasteiger partial charge in [0.1, 0.15) is 5.75 Å². The second kappa shape index (κ2) is 8.98. The number of amides is 1. The molecule has 0 saturated heterocycles. The first kappa shape index (κ1) is 18.6. The van der Waals surface area contributed by atoms with E-state index in [2.05, 4.69) is 17.0 Å². The zero-order valence-corrected chi connectivity index (χ0v) is 15.5. The molecule has 2 aromatic carbocycles. The van der Waals surface area contributed by atoms with E-state index in [-0.39, 0.29) is 5.82 Å². The molecular formula is C21H24N4O2. The maximum absolute atomic E-state index is 11.6. The minimum Gasteiger partial charge on any atom is -0.494 e. The summed E-state index contributed by atoms with van der Waals surface area (Å²) in [4.78, 5) is 15.9. The fourth-order valence-electron chi connectivity index (χ4n) is 2.80. The van der Waals surface area contributed by atoms with E-state index in [0.717, 1.165) is 23.4 Å². The molecule has 140 valence electrons. The maximum Gasteiger partial charge on any atom is 0.288 e. The SMILES string of the molecule is CCCCCCOc1cccc(-c2nc(C(N)=O)nn2-c2ccccc2)c1. The molecule has 0 radical (unpaired) electrons. The van der Waals surface area contributed by atoms with Crippen LogP contribution >= 0.6 is 0 Å². The lowest BCUT2D eigenvalue weighted by atomic mass is 10.2. The molecule has 3 aromatic rings. The first-order valence-corrected chi connectivity index (χ1v) is 9.24. The van der Waals surface area contributed by atoms with Crippen LogP contribution in [0.4, 0.5) is 0 Å². The Morgan fingerprint density at radius 3 is 2.63 bits per heavy atom. The number of rotatable bonds is 9. The topological polar surface area (TPSA) is 83.0 Å². The van der Waals surface area contributed by atoms with Gasteiger partial charge in [0.15, 0.2) is 5.82 Å². The second-order valence-corrected chi connectivity index (χ2v) is 6.31. The third kappa shape index (κ3) is 4.73. The van der Waals surface area contributed by atoms with E-state index in [0.29, 0.717) is 12.4 Å². The van der Waals surface area contributed by atoms with Crippen molar-refractivity contribution in [1.29, 1.82) is 0 Å². The summed E-state index contributed by atoms with van der Waals surface area (Å²) in [5, 5.41) is 4.27. The van der Waals surface area contributed by atoms with Crippen LogP contribution in [0.2, 0.25) is 0 Å². The zero-order valence-electron chi connectivity index (χ0n) is 15.5. The predicted octanol–water partition coefficient (Wildman–Crippen LogP) is 3.99. The van der Waals surface area contributed by atoms with Crippen LogP contribution in [0.3, 0.4) is 0 Å². The number of nitrogens with zero attached hydrogens (tertiary/aromatic N) is 3. The Labute approximate surface area is 159 Å². The molecule has 0 atom stereocenters. The van der Waals surface area contributed by atoms with E-state index in [1.807, 2.05) is 54.6 Å². The van der Waals surface area contributed by atoms with Crippen molar-refractivity contribution in [2.75, 3.05) is 6.61 Å². The molecule has 6 nitrogen and oxygen atoms in total. The molecule has 0 aliphatic carbocycles. The van der Waals surface area contributed by atoms with Gasteiger partial charge in [0.05, 0.1) is 12.3 Å². The van der Waals surface area contributed by atoms with Gasteiger partial charge in [-0.2, -0.15) is 0 Å². The number of nitrogens with two attached hydrogens (primary N) is 1. The second-order valence-electron chi connectivity index (χ2n) is 6.31. The number of ether oxygens (including phenoxy) is 1. The summed E-state index contributed by atoms with van der Waals surface area (Å²) >= 11 is 0. The lowest BCUT2D eigenvalue weighted by molar-refractivity contribution is 0.0990. The number of carbonyl (C=O) groups excluding carboxylic acids is 1. The van der Waals surface area contributed by atoms with Crippen LogP contribution in [0.25, 0.3) is 17.1 Å². The summed E-state index contributed by atoms with van der Waals surface area (Å²) in [7, 11) is 0. The molecule has 0 aliphatic heterocycles. The van der Waals surface area contributed by atoms with E-state index in [1.54, 1.807) is 4.68 Å². The molecule has 3 rings (SSSR count). The molecule has 0 saturated carbocycles. The highest BCUT2D eigenvalue weighted by molar-refractivity contribution is 5.89. The quantitative estimate of drug-likeness (QED) is 0.582. The Morgan fingerprint density at radius 2 is 1.89 bits per heavy atom. The molecule has 1 heterocycles. The third-order valence-corrected chi connectivity index (χ3v) is 4.19. The number of primary amides is 1. The fraction of sp³-hybridized carbons (Fsp3) is 0.286. The van der Waals surface area contributed by atoms with Gasteiger partial charge < -0.3 is 10.5 Å². The van der Waals surface area contributed by atoms with Crippen molar-refractivity contribution in [3.05, 3.63) is 60.4 Å². The van der Waals surface area contributed by atoms with Crippen molar-refractivity contribution < 1.29 is 9.53 Å². The molecule has 27 heavy (non-hydrogen) atoms. The standard InChI is InChI=1S/C21H24N4O2/c1-2-3-4-8-14-27-18-13-9-10-16(15-18)21-23-20(19(22)26)24-25(21)17-11-6-5-7-12-17/h5-7,9-13,15H,2-4,8,14H2,1H3,(H2,22,26). The highest BCUT2D eigenvalue weighted by Gasteiger charge is 2.17. The van der Waals surface area contributed by atoms with Crippen LogP contribution in [-0.4, -0.2) is 27.3 Å². The summed E-state index contributed by atoms with van der Waals surface area (Å²) in [6.45, 7) is 2.87. The van der Waals surface area contributed by atoms with Crippen molar-refractivity contribution in [3.63, 3.8) is 0 Å². The largest absolute Gasteiger partial charge is 0.494 e. The van der Waals surface area contributed by atoms with Crippen LogP contribution in [0.5, 0.6) is 5.75 Å². The molecule has 0 bridgehead atoms. The van der Waals surface area contributed by atoms with Gasteiger partial charge in [-0.05, 0) is 30.7 Å². The third-order valence-electron chi connectivity index (χ3n) is 4.19. The van der Waals surface area contributed by atoms with Gasteiger partial charge in [0, 0.05) is 5.56 Å². The van der Waals surface area contributed by atoms with Crippen LogP contribution in [0, 0.1) is 0 Å². The lowest BCUT2D eigenvalue weighted by Crippen LogP contribution is -2.13. The van der Waals surface area contributed by atoms with Crippen molar-refractivity contribution in [3.8, 4) is 22.8 Å². The van der Waals surface area contributed by atoms with Crippen LogP contribution in [0.15, 0.2) is 54.6 Å². The van der Waals surface area contributed by atoms with Crippen molar-refractivity contribution >= 4 is 5.91 Å². The minimum atomic E-state index is -0.658. The molecule has 0 fully saturated rings. The Morgan fingerprint density at radius 1 is 1.07 bits per heavy atom. The fourth-order valence-corrected chi connectivity index (χ4v) is 2.80. The van der Waals surface area contributed by atoms with E-state index in [9.17, 15) is 4.79 Å². The number of hydrogen-bond acceptors (Lipinski definition) is 4. The number of unbranched alkanes of at least 4 members (excludes halogenated alkanes) is 3. The Kier molecular flexibility index (Phi) is 6.20. The van der Waals surface area contributed by atoms with Crippen LogP contribution < -0.4 is 10.5 Å². The number of carbonyl (C=O) groups is 1. The summed E-state index contributed by atoms with van der Waals surface area (Å²) in [5.74, 6) is 0.646. The van der Waals surface area contributed by atoms with Gasteiger partial charge in [-0.1, -0.05) is 56.5 Å². The Hall–Kier alpha value is -3.15. The normalized spacial score (nSPS) is 10.7. The number of para-hydroxylation sites is 1. The number of hydrogen-bond donors (Lipinski definition) is 1. The summed E-state index contributed by atoms with van der Waals surface area (Å²) in [5.41, 5.74) is 7.00. The van der Waals surface area contributed by atoms with Gasteiger partial charge in [0.25, 0.3) is 5.91 Å². The molecule has 1 amide bonds. The zero-order chi connectivity index (χ0) is 19.1. The van der Waals surface area contributed by atoms with Crippen molar-refractivity contribution in [2.45, 2.75) is 32.6 Å². The number of benzene rings is 2. The smallest absolute Gasteiger partial charge is 0.288 e. The van der Waals surface area contributed by atoms with E-state index in [1.165, 1.54) is 19.3 Å². The first-order valence-electron chi connectivity index (χ1n) is 9.24. The van der Waals surface area contributed by atoms with Crippen molar-refractivity contribution in [2.24, 2.45) is 5.73 Å². The van der Waals surface area contributed by atoms with E-state index >= 15 is 0 Å². The van der Waals surface area contributed by atoms with Gasteiger partial charge in [0.2, 0.25) is 5.82 Å². The first-order chi connectivity index (χ1) is 13.2. The summed E-state index contributed by atoms with van der Waals surface area (Å²) in [6.07, 6.45) is 4.62. The van der Waals surface area contributed by atoms with Gasteiger partial charge in [-0.25, -0.2) is 9.67 Å². The van der Waals surface area contributed by atoms with Gasteiger partial charge in [-0.15, -0.1) is 5.10 Å². The Bertz CT molecular complexity index is 890. The molecule has 0 spiro atoms. The predicted molar refractivity (Wildman–Crippen MR) is 105 cm³/mol. The average Bonchev–Trinajstić information content (AvgIpc) is 3.15. The molecule has 2 N–H and O–H groups in total. The summed E-state index contributed by atoms with van der Waals surface area (Å²) < 4.78 is 7.49. The lowest BCUT2D eigenvalue weighted by Gasteiger charge is -2.09. The van der Waals surface area contributed by atoms with Gasteiger partial charge >= 0.3 is 0 Å². The minimum absolute atomic E-state index is 0.0141. The molecule has 0 unspecified atom stereocenters. The highest BCUT2D eigenvalue weighted by Crippen LogP contribution is 2.25. The average molecular weight is 364 g/mol. The van der Waals surface area contributed by atoms with Crippen LogP contribution in [0.1, 0.15) is 43.2 Å². The molecular weight excluding hydrogens is 340 g/mol. The van der Waals surface area contributed by atoms with Crippen LogP contribution in [-0.2, 0) is 0 Å². The molecule has 0 aliphatic rings. The summed E-state index contributed by atoms with van der Waals surface area (Å²) in [6, 6.07) is 17.2. The van der Waals surface area contributed by atoms with E-state index < -0.39 is 5.91 Å². The maximum atomic E-state index is 11.6. The Balaban J connectivity index is 1.87. The highest BCUT2D eigenvalue weighted by atomic mass is 16.5.